The monoisotopic (exact) mass is 276 g/mol. The molecule has 0 aliphatic rings. The summed E-state index contributed by atoms with van der Waals surface area (Å²) < 4.78 is 0. The molecule has 0 saturated carbocycles. The Hall–Kier alpha value is -1.88. The van der Waals surface area contributed by atoms with Gasteiger partial charge >= 0.3 is 5.97 Å². The van der Waals surface area contributed by atoms with Crippen molar-refractivity contribution in [2.75, 3.05) is 11.9 Å². The zero-order valence-electron chi connectivity index (χ0n) is 11.2. The molecule has 2 aromatic rings. The molecule has 0 radical (unpaired) electrons. The molecule has 0 saturated heterocycles. The first-order chi connectivity index (χ1) is 9.02. The Kier molecular flexibility index (Phi) is 3.85. The van der Waals surface area contributed by atoms with Gasteiger partial charge in [-0.25, -0.2) is 9.78 Å². The maximum Gasteiger partial charge on any atom is 0.355 e. The Labute approximate surface area is 116 Å². The lowest BCUT2D eigenvalue weighted by molar-refractivity contribution is 0.0690. The van der Waals surface area contributed by atoms with Gasteiger partial charge in [0.15, 0.2) is 10.8 Å². The second kappa shape index (κ2) is 5.40. The van der Waals surface area contributed by atoms with E-state index >= 15 is 0 Å². The van der Waals surface area contributed by atoms with E-state index in [9.17, 15) is 4.79 Å². The highest BCUT2D eigenvalue weighted by molar-refractivity contribution is 7.15. The Morgan fingerprint density at radius 2 is 2.00 bits per heavy atom. The number of anilines is 2. The van der Waals surface area contributed by atoms with Crippen molar-refractivity contribution in [3.05, 3.63) is 40.4 Å². The van der Waals surface area contributed by atoms with Gasteiger partial charge in [-0.05, 0) is 31.0 Å². The second-order valence-electron chi connectivity index (χ2n) is 4.29. The summed E-state index contributed by atoms with van der Waals surface area (Å²) in [6.45, 7) is 3.89. The number of hydrogen-bond donors (Lipinski definition) is 1. The number of aryl methyl sites for hydroxylation is 2. The minimum absolute atomic E-state index is 0.136. The predicted molar refractivity (Wildman–Crippen MR) is 77.7 cm³/mol. The van der Waals surface area contributed by atoms with Crippen molar-refractivity contribution < 1.29 is 9.90 Å². The summed E-state index contributed by atoms with van der Waals surface area (Å²) in [5.41, 5.74) is 2.42. The van der Waals surface area contributed by atoms with Crippen LogP contribution >= 0.6 is 11.3 Å². The smallest absolute Gasteiger partial charge is 0.355 e. The summed E-state index contributed by atoms with van der Waals surface area (Å²) in [6, 6.07) is 8.20. The van der Waals surface area contributed by atoms with Crippen LogP contribution in [0, 0.1) is 6.92 Å². The van der Waals surface area contributed by atoms with Gasteiger partial charge in [0.2, 0.25) is 0 Å². The first-order valence-corrected chi connectivity index (χ1v) is 6.88. The number of carboxylic acid groups (broad SMARTS) is 1. The van der Waals surface area contributed by atoms with Gasteiger partial charge in [0.05, 0.1) is 0 Å². The first kappa shape index (κ1) is 13.5. The summed E-state index contributed by atoms with van der Waals surface area (Å²) in [5.74, 6) is -0.977. The van der Waals surface area contributed by atoms with Crippen LogP contribution in [-0.4, -0.2) is 23.1 Å². The number of aromatic nitrogens is 1. The van der Waals surface area contributed by atoms with Crippen molar-refractivity contribution in [2.45, 2.75) is 20.3 Å². The largest absolute Gasteiger partial charge is 0.476 e. The van der Waals surface area contributed by atoms with E-state index in [0.29, 0.717) is 5.13 Å². The SMILES string of the molecule is CCc1ccc(N(C)c2nc(C(=O)O)c(C)s2)cc1. The zero-order chi connectivity index (χ0) is 14.0. The molecular weight excluding hydrogens is 260 g/mol. The van der Waals surface area contributed by atoms with Crippen molar-refractivity contribution in [3.8, 4) is 0 Å². The van der Waals surface area contributed by atoms with Crippen LogP contribution < -0.4 is 4.90 Å². The van der Waals surface area contributed by atoms with Crippen LogP contribution in [0.15, 0.2) is 24.3 Å². The molecule has 0 bridgehead atoms. The molecule has 1 aromatic heterocycles. The van der Waals surface area contributed by atoms with Crippen LogP contribution in [0.25, 0.3) is 0 Å². The third-order valence-corrected chi connectivity index (χ3v) is 4.05. The van der Waals surface area contributed by atoms with Gasteiger partial charge in [0.1, 0.15) is 0 Å². The average molecular weight is 276 g/mol. The summed E-state index contributed by atoms with van der Waals surface area (Å²) in [6.07, 6.45) is 1.00. The molecule has 1 N–H and O–H groups in total. The third-order valence-electron chi connectivity index (χ3n) is 3.01. The Balaban J connectivity index is 2.30. The molecule has 4 nitrogen and oxygen atoms in total. The highest BCUT2D eigenvalue weighted by atomic mass is 32.1. The fourth-order valence-electron chi connectivity index (χ4n) is 1.79. The fraction of sp³-hybridized carbons (Fsp3) is 0.286. The molecule has 100 valence electrons. The first-order valence-electron chi connectivity index (χ1n) is 6.06. The summed E-state index contributed by atoms with van der Waals surface area (Å²) in [5, 5.41) is 9.72. The second-order valence-corrected chi connectivity index (χ2v) is 5.47. The number of carboxylic acids is 1. The van der Waals surface area contributed by atoms with Crippen molar-refractivity contribution in [2.24, 2.45) is 0 Å². The van der Waals surface area contributed by atoms with Crippen LogP contribution in [0.4, 0.5) is 10.8 Å². The summed E-state index contributed by atoms with van der Waals surface area (Å²) >= 11 is 1.39. The van der Waals surface area contributed by atoms with Crippen LogP contribution in [0.2, 0.25) is 0 Å². The minimum Gasteiger partial charge on any atom is -0.476 e. The van der Waals surface area contributed by atoms with Gasteiger partial charge in [-0.2, -0.15) is 0 Å². The molecule has 5 heteroatoms. The standard InChI is InChI=1S/C14H16N2O2S/c1-4-10-5-7-11(8-6-10)16(3)14-15-12(13(17)18)9(2)19-14/h5-8H,4H2,1-3H3,(H,17,18). The number of thiazole rings is 1. The Morgan fingerprint density at radius 3 is 2.47 bits per heavy atom. The molecule has 2 rings (SSSR count). The number of hydrogen-bond acceptors (Lipinski definition) is 4. The van der Waals surface area contributed by atoms with E-state index in [4.69, 9.17) is 5.11 Å². The maximum atomic E-state index is 11.0. The number of aromatic carboxylic acids is 1. The average Bonchev–Trinajstić information content (AvgIpc) is 2.80. The van der Waals surface area contributed by atoms with E-state index in [2.05, 4.69) is 24.0 Å². The molecule has 0 aliphatic carbocycles. The van der Waals surface area contributed by atoms with Crippen LogP contribution in [0.5, 0.6) is 0 Å². The number of rotatable bonds is 4. The molecular formula is C14H16N2O2S. The number of nitrogens with zero attached hydrogens (tertiary/aromatic N) is 2. The quantitative estimate of drug-likeness (QED) is 0.929. The normalized spacial score (nSPS) is 10.5. The number of carbonyl (C=O) groups is 1. The van der Waals surface area contributed by atoms with E-state index < -0.39 is 5.97 Å². The lowest BCUT2D eigenvalue weighted by Crippen LogP contribution is -2.09. The Morgan fingerprint density at radius 1 is 1.37 bits per heavy atom. The molecule has 0 amide bonds. The lowest BCUT2D eigenvalue weighted by Gasteiger charge is -2.16. The van der Waals surface area contributed by atoms with Crippen molar-refractivity contribution >= 4 is 28.1 Å². The minimum atomic E-state index is -0.977. The van der Waals surface area contributed by atoms with E-state index in [0.717, 1.165) is 17.0 Å². The van der Waals surface area contributed by atoms with E-state index in [1.165, 1.54) is 16.9 Å². The molecule has 0 aliphatic heterocycles. The van der Waals surface area contributed by atoms with Crippen LogP contribution in [0.3, 0.4) is 0 Å². The van der Waals surface area contributed by atoms with E-state index in [-0.39, 0.29) is 5.69 Å². The fourth-order valence-corrected chi connectivity index (χ4v) is 2.67. The van der Waals surface area contributed by atoms with E-state index in [1.54, 1.807) is 6.92 Å². The highest BCUT2D eigenvalue weighted by Crippen LogP contribution is 2.30. The molecule has 1 aromatic carbocycles. The molecule has 0 spiro atoms. The summed E-state index contributed by atoms with van der Waals surface area (Å²) in [7, 11) is 1.89. The van der Waals surface area contributed by atoms with Gasteiger partial charge in [-0.3, -0.25) is 0 Å². The van der Waals surface area contributed by atoms with Gasteiger partial charge in [-0.1, -0.05) is 19.1 Å². The van der Waals surface area contributed by atoms with Gasteiger partial charge < -0.3 is 10.0 Å². The number of benzene rings is 1. The molecule has 0 fully saturated rings. The lowest BCUT2D eigenvalue weighted by atomic mass is 10.1. The van der Waals surface area contributed by atoms with Crippen LogP contribution in [0.1, 0.15) is 27.9 Å². The molecule has 0 unspecified atom stereocenters. The van der Waals surface area contributed by atoms with Crippen LogP contribution in [-0.2, 0) is 6.42 Å². The third kappa shape index (κ3) is 2.76. The Bertz CT molecular complexity index is 590. The molecule has 0 atom stereocenters. The van der Waals surface area contributed by atoms with Crippen molar-refractivity contribution in [1.29, 1.82) is 0 Å². The summed E-state index contributed by atoms with van der Waals surface area (Å²) in [4.78, 5) is 17.8. The van der Waals surface area contributed by atoms with E-state index in [1.807, 2.05) is 24.1 Å². The van der Waals surface area contributed by atoms with Crippen molar-refractivity contribution in [3.63, 3.8) is 0 Å². The van der Waals surface area contributed by atoms with Gasteiger partial charge in [0.25, 0.3) is 0 Å². The molecule has 1 heterocycles. The maximum absolute atomic E-state index is 11.0. The zero-order valence-corrected chi connectivity index (χ0v) is 12.0. The van der Waals surface area contributed by atoms with Crippen molar-refractivity contribution in [1.82, 2.24) is 4.98 Å². The van der Waals surface area contributed by atoms with Gasteiger partial charge in [-0.15, -0.1) is 11.3 Å². The topological polar surface area (TPSA) is 53.4 Å². The highest BCUT2D eigenvalue weighted by Gasteiger charge is 2.17. The molecule has 19 heavy (non-hydrogen) atoms. The van der Waals surface area contributed by atoms with Gasteiger partial charge in [0, 0.05) is 17.6 Å². The predicted octanol–water partition coefficient (Wildman–Crippen LogP) is 3.48.